The van der Waals surface area contributed by atoms with Gasteiger partial charge in [-0.25, -0.2) is 9.59 Å². The molecule has 0 aliphatic heterocycles. The Morgan fingerprint density at radius 2 is 0.810 bits per heavy atom. The van der Waals surface area contributed by atoms with E-state index < -0.39 is 0 Å². The summed E-state index contributed by atoms with van der Waals surface area (Å²) in [5, 5.41) is 12.7. The SMILES string of the molecule is CCCCCCCCOC(=O)c1scc2c1ccc1c2ccc2c3csc(C(=O)OCCCCCCCC)c3ccc21. The van der Waals surface area contributed by atoms with Gasteiger partial charge in [0.2, 0.25) is 0 Å². The van der Waals surface area contributed by atoms with Crippen molar-refractivity contribution in [2.75, 3.05) is 13.2 Å². The summed E-state index contributed by atoms with van der Waals surface area (Å²) in [5.41, 5.74) is 0. The highest BCUT2D eigenvalue weighted by molar-refractivity contribution is 7.14. The zero-order chi connectivity index (χ0) is 29.3. The van der Waals surface area contributed by atoms with Crippen LogP contribution in [0.2, 0.25) is 0 Å². The highest BCUT2D eigenvalue weighted by Crippen LogP contribution is 2.39. The van der Waals surface area contributed by atoms with Gasteiger partial charge in [-0.15, -0.1) is 22.7 Å². The van der Waals surface area contributed by atoms with Crippen LogP contribution in [0.5, 0.6) is 0 Å². The fraction of sp³-hybridized carbons (Fsp3) is 0.444. The van der Waals surface area contributed by atoms with Crippen molar-refractivity contribution in [1.29, 1.82) is 0 Å². The van der Waals surface area contributed by atoms with Crippen molar-refractivity contribution in [3.63, 3.8) is 0 Å². The molecule has 0 fully saturated rings. The molecule has 4 nitrogen and oxygen atoms in total. The number of carbonyl (C=O) groups is 2. The van der Waals surface area contributed by atoms with E-state index in [1.165, 1.54) is 74.0 Å². The number of benzene rings is 3. The minimum atomic E-state index is -0.223. The van der Waals surface area contributed by atoms with Crippen molar-refractivity contribution < 1.29 is 19.1 Å². The van der Waals surface area contributed by atoms with Crippen LogP contribution in [0.3, 0.4) is 0 Å². The van der Waals surface area contributed by atoms with E-state index in [4.69, 9.17) is 9.47 Å². The molecule has 2 aromatic heterocycles. The number of rotatable bonds is 16. The lowest BCUT2D eigenvalue weighted by molar-refractivity contribution is 0.0496. The molecule has 2 heterocycles. The van der Waals surface area contributed by atoms with Crippen LogP contribution < -0.4 is 0 Å². The van der Waals surface area contributed by atoms with Crippen molar-refractivity contribution in [1.82, 2.24) is 0 Å². The van der Waals surface area contributed by atoms with Crippen molar-refractivity contribution in [2.24, 2.45) is 0 Å². The maximum Gasteiger partial charge on any atom is 0.348 e. The van der Waals surface area contributed by atoms with E-state index in [2.05, 4.69) is 61.0 Å². The molecule has 6 heteroatoms. The minimum absolute atomic E-state index is 0.223. The molecule has 0 saturated carbocycles. The summed E-state index contributed by atoms with van der Waals surface area (Å²) in [6.45, 7) is 5.39. The van der Waals surface area contributed by atoms with Gasteiger partial charge in [0.15, 0.2) is 0 Å². The second-order valence-electron chi connectivity index (χ2n) is 11.2. The smallest absolute Gasteiger partial charge is 0.348 e. The topological polar surface area (TPSA) is 52.6 Å². The third-order valence-electron chi connectivity index (χ3n) is 8.19. The van der Waals surface area contributed by atoms with Gasteiger partial charge in [0.05, 0.1) is 13.2 Å². The molecule has 42 heavy (non-hydrogen) atoms. The molecule has 0 unspecified atom stereocenters. The number of hydrogen-bond donors (Lipinski definition) is 0. The van der Waals surface area contributed by atoms with Crippen LogP contribution in [0.25, 0.3) is 43.1 Å². The van der Waals surface area contributed by atoms with E-state index in [0.717, 1.165) is 68.8 Å². The fourth-order valence-electron chi connectivity index (χ4n) is 5.82. The fourth-order valence-corrected chi connectivity index (χ4v) is 7.72. The number of thiophene rings is 2. The molecule has 0 aliphatic rings. The maximum absolute atomic E-state index is 12.9. The third kappa shape index (κ3) is 6.81. The van der Waals surface area contributed by atoms with Crippen LogP contribution in [0.4, 0.5) is 0 Å². The van der Waals surface area contributed by atoms with E-state index in [1.54, 1.807) is 0 Å². The van der Waals surface area contributed by atoms with Gasteiger partial charge in [-0.1, -0.05) is 114 Å². The molecule has 0 N–H and O–H groups in total. The van der Waals surface area contributed by atoms with Gasteiger partial charge < -0.3 is 9.47 Å². The summed E-state index contributed by atoms with van der Waals surface area (Å²) in [5.74, 6) is -0.445. The lowest BCUT2D eigenvalue weighted by Crippen LogP contribution is -2.05. The summed E-state index contributed by atoms with van der Waals surface area (Å²) >= 11 is 2.93. The molecule has 0 radical (unpaired) electrons. The monoisotopic (exact) mass is 602 g/mol. The molecule has 0 atom stereocenters. The number of fused-ring (bicyclic) bond motifs is 7. The first kappa shape index (κ1) is 30.5. The van der Waals surface area contributed by atoms with Crippen LogP contribution in [-0.2, 0) is 9.47 Å². The molecule has 0 spiro atoms. The highest BCUT2D eigenvalue weighted by atomic mass is 32.1. The van der Waals surface area contributed by atoms with Crippen LogP contribution in [-0.4, -0.2) is 25.2 Å². The first-order valence-electron chi connectivity index (χ1n) is 15.7. The Labute approximate surface area is 257 Å². The first-order chi connectivity index (χ1) is 20.6. The zero-order valence-corrected chi connectivity index (χ0v) is 26.6. The van der Waals surface area contributed by atoms with E-state index in [0.29, 0.717) is 23.0 Å². The quantitative estimate of drug-likeness (QED) is 0.0640. The number of ether oxygens (including phenoxy) is 2. The van der Waals surface area contributed by atoms with Crippen molar-refractivity contribution in [2.45, 2.75) is 90.9 Å². The lowest BCUT2D eigenvalue weighted by Gasteiger charge is -2.08. The normalized spacial score (nSPS) is 11.7. The molecular formula is C36H42O4S2. The van der Waals surface area contributed by atoms with Crippen molar-refractivity contribution >= 4 is 77.7 Å². The predicted octanol–water partition coefficient (Wildman–Crippen LogP) is 11.5. The van der Waals surface area contributed by atoms with Gasteiger partial charge in [-0.05, 0) is 34.4 Å². The van der Waals surface area contributed by atoms with Gasteiger partial charge in [-0.3, -0.25) is 0 Å². The number of hydrogen-bond acceptors (Lipinski definition) is 6. The van der Waals surface area contributed by atoms with Gasteiger partial charge in [0, 0.05) is 32.3 Å². The lowest BCUT2D eigenvalue weighted by atomic mass is 9.96. The molecule has 0 amide bonds. The molecule has 0 aliphatic carbocycles. The minimum Gasteiger partial charge on any atom is -0.461 e. The molecule has 0 saturated heterocycles. The molecule has 3 aromatic carbocycles. The number of unbranched alkanes of at least 4 members (excludes halogenated alkanes) is 10. The second kappa shape index (κ2) is 15.0. The van der Waals surface area contributed by atoms with Gasteiger partial charge >= 0.3 is 11.9 Å². The van der Waals surface area contributed by atoms with Crippen molar-refractivity contribution in [3.8, 4) is 0 Å². The third-order valence-corrected chi connectivity index (χ3v) is 10.1. The highest BCUT2D eigenvalue weighted by Gasteiger charge is 2.19. The Kier molecular flexibility index (Phi) is 10.9. The molecule has 5 rings (SSSR count). The Morgan fingerprint density at radius 1 is 0.476 bits per heavy atom. The molecular weight excluding hydrogens is 561 g/mol. The molecule has 222 valence electrons. The maximum atomic E-state index is 12.9. The van der Waals surface area contributed by atoms with E-state index >= 15 is 0 Å². The summed E-state index contributed by atoms with van der Waals surface area (Å²) in [4.78, 5) is 27.1. The van der Waals surface area contributed by atoms with Gasteiger partial charge in [-0.2, -0.15) is 0 Å². The van der Waals surface area contributed by atoms with Crippen LogP contribution in [0, 0.1) is 0 Å². The summed E-state index contributed by atoms with van der Waals surface area (Å²) in [7, 11) is 0. The summed E-state index contributed by atoms with van der Waals surface area (Å²) < 4.78 is 11.3. The Morgan fingerprint density at radius 3 is 1.21 bits per heavy atom. The average Bonchev–Trinajstić information content (AvgIpc) is 3.65. The number of carbonyl (C=O) groups excluding carboxylic acids is 2. The van der Waals surface area contributed by atoms with Crippen LogP contribution >= 0.6 is 22.7 Å². The average molecular weight is 603 g/mol. The van der Waals surface area contributed by atoms with Crippen molar-refractivity contribution in [3.05, 3.63) is 56.9 Å². The van der Waals surface area contributed by atoms with E-state index in [-0.39, 0.29) is 11.9 Å². The van der Waals surface area contributed by atoms with Gasteiger partial charge in [0.25, 0.3) is 0 Å². The van der Waals surface area contributed by atoms with Crippen LogP contribution in [0.15, 0.2) is 47.2 Å². The first-order valence-corrected chi connectivity index (χ1v) is 17.5. The molecule has 0 bridgehead atoms. The second-order valence-corrected chi connectivity index (χ2v) is 13.0. The van der Waals surface area contributed by atoms with E-state index in [9.17, 15) is 9.59 Å². The Balaban J connectivity index is 1.30. The predicted molar refractivity (Wildman–Crippen MR) is 180 cm³/mol. The molecule has 5 aromatic rings. The summed E-state index contributed by atoms with van der Waals surface area (Å²) in [6.07, 6.45) is 14.0. The van der Waals surface area contributed by atoms with Gasteiger partial charge in [0.1, 0.15) is 9.75 Å². The van der Waals surface area contributed by atoms with Crippen LogP contribution in [0.1, 0.15) is 110 Å². The van der Waals surface area contributed by atoms with E-state index in [1.807, 2.05) is 0 Å². The largest absolute Gasteiger partial charge is 0.461 e. The Hall–Kier alpha value is -2.96. The zero-order valence-electron chi connectivity index (χ0n) is 25.0. The number of esters is 2. The summed E-state index contributed by atoms with van der Waals surface area (Å²) in [6, 6.07) is 12.6. The standard InChI is InChI=1S/C36H42O4S2/c1-3-5-7-9-11-13-21-39-35(37)33-29-19-17-25-26-18-20-30-32(28(26)16-15-27(25)31(29)23-41-33)24-42-34(30)36(38)40-22-14-12-10-8-6-4-2/h15-20,23-24H,3-14,21-22H2,1-2H3. The Bertz CT molecular complexity index is 1540.